The van der Waals surface area contributed by atoms with Gasteiger partial charge in [0.25, 0.3) is 0 Å². The van der Waals surface area contributed by atoms with Crippen LogP contribution >= 0.6 is 0 Å². The van der Waals surface area contributed by atoms with Gasteiger partial charge in [0.05, 0.1) is 5.69 Å². The summed E-state index contributed by atoms with van der Waals surface area (Å²) < 4.78 is 36.3. The van der Waals surface area contributed by atoms with Gasteiger partial charge in [-0.15, -0.1) is 0 Å². The number of hydrogen-bond acceptors (Lipinski definition) is 4. The van der Waals surface area contributed by atoms with Crippen LogP contribution in [0.4, 0.5) is 4.39 Å². The molecule has 0 aliphatic heterocycles. The van der Waals surface area contributed by atoms with Crippen LogP contribution in [0.5, 0.6) is 0 Å². The third kappa shape index (κ3) is 3.19. The molecule has 1 heterocycles. The number of halogens is 1. The predicted molar refractivity (Wildman–Crippen MR) is 74.6 cm³/mol. The third-order valence-corrected chi connectivity index (χ3v) is 3.63. The molecule has 4 nitrogen and oxygen atoms in total. The molecule has 0 bridgehead atoms. The molecule has 0 amide bonds. The van der Waals surface area contributed by atoms with Gasteiger partial charge in [-0.1, -0.05) is 13.8 Å². The van der Waals surface area contributed by atoms with Crippen molar-refractivity contribution in [2.24, 2.45) is 0 Å². The van der Waals surface area contributed by atoms with Crippen molar-refractivity contribution >= 4 is 9.84 Å². The Morgan fingerprint density at radius 3 is 2.20 bits per heavy atom. The number of aromatic nitrogens is 2. The molecule has 0 saturated carbocycles. The Morgan fingerprint density at radius 2 is 1.70 bits per heavy atom. The van der Waals surface area contributed by atoms with Crippen LogP contribution in [-0.2, 0) is 9.84 Å². The molecule has 20 heavy (non-hydrogen) atoms. The van der Waals surface area contributed by atoms with Gasteiger partial charge in [0.1, 0.15) is 5.82 Å². The van der Waals surface area contributed by atoms with E-state index in [2.05, 4.69) is 9.97 Å². The van der Waals surface area contributed by atoms with Crippen molar-refractivity contribution in [3.63, 3.8) is 0 Å². The molecule has 0 radical (unpaired) electrons. The molecule has 106 valence electrons. The first-order chi connectivity index (χ1) is 9.27. The molecule has 0 atom stereocenters. The molecule has 1 aromatic carbocycles. The first-order valence-electron chi connectivity index (χ1n) is 6.12. The monoisotopic (exact) mass is 294 g/mol. The SMILES string of the molecule is CC(C)c1cc(-c2ccc(F)cc2)nc(S(C)(=O)=O)n1. The van der Waals surface area contributed by atoms with Crippen molar-refractivity contribution in [2.45, 2.75) is 24.9 Å². The van der Waals surface area contributed by atoms with Gasteiger partial charge in [0, 0.05) is 17.5 Å². The summed E-state index contributed by atoms with van der Waals surface area (Å²) >= 11 is 0. The maximum atomic E-state index is 12.9. The molecule has 2 aromatic rings. The van der Waals surface area contributed by atoms with Crippen molar-refractivity contribution in [1.29, 1.82) is 0 Å². The summed E-state index contributed by atoms with van der Waals surface area (Å²) in [6.07, 6.45) is 1.07. The van der Waals surface area contributed by atoms with Gasteiger partial charge in [-0.25, -0.2) is 22.8 Å². The molecule has 0 N–H and O–H groups in total. The predicted octanol–water partition coefficient (Wildman–Crippen LogP) is 2.81. The lowest BCUT2D eigenvalue weighted by atomic mass is 10.1. The molecule has 0 spiro atoms. The van der Waals surface area contributed by atoms with E-state index >= 15 is 0 Å². The fourth-order valence-corrected chi connectivity index (χ4v) is 2.21. The van der Waals surface area contributed by atoms with Gasteiger partial charge < -0.3 is 0 Å². The van der Waals surface area contributed by atoms with Gasteiger partial charge in [0.15, 0.2) is 0 Å². The fraction of sp³-hybridized carbons (Fsp3) is 0.286. The van der Waals surface area contributed by atoms with Gasteiger partial charge >= 0.3 is 0 Å². The van der Waals surface area contributed by atoms with Crippen LogP contribution in [0, 0.1) is 5.82 Å². The Hall–Kier alpha value is -1.82. The highest BCUT2D eigenvalue weighted by molar-refractivity contribution is 7.90. The average Bonchev–Trinajstić information content (AvgIpc) is 2.38. The normalized spacial score (nSPS) is 11.8. The van der Waals surface area contributed by atoms with E-state index in [0.29, 0.717) is 17.0 Å². The summed E-state index contributed by atoms with van der Waals surface area (Å²) in [6.45, 7) is 3.84. The van der Waals surface area contributed by atoms with Crippen molar-refractivity contribution in [2.75, 3.05) is 6.26 Å². The van der Waals surface area contributed by atoms with Crippen LogP contribution in [0.1, 0.15) is 25.5 Å². The second-order valence-electron chi connectivity index (χ2n) is 4.89. The minimum atomic E-state index is -3.49. The van der Waals surface area contributed by atoms with Crippen molar-refractivity contribution in [3.8, 4) is 11.3 Å². The third-order valence-electron chi connectivity index (χ3n) is 2.79. The zero-order valence-corrected chi connectivity index (χ0v) is 12.3. The van der Waals surface area contributed by atoms with Crippen LogP contribution in [0.25, 0.3) is 11.3 Å². The number of hydrogen-bond donors (Lipinski definition) is 0. The molecule has 0 aliphatic carbocycles. The van der Waals surface area contributed by atoms with E-state index in [4.69, 9.17) is 0 Å². The highest BCUT2D eigenvalue weighted by Crippen LogP contribution is 2.23. The van der Waals surface area contributed by atoms with Gasteiger partial charge in [-0.05, 0) is 36.2 Å². The summed E-state index contributed by atoms with van der Waals surface area (Å²) in [6, 6.07) is 7.48. The standard InChI is InChI=1S/C14H15FN2O2S/c1-9(2)12-8-13(10-4-6-11(15)7-5-10)17-14(16-12)20(3,18)19/h4-9H,1-3H3. The van der Waals surface area contributed by atoms with Gasteiger partial charge in [0.2, 0.25) is 15.0 Å². The zero-order chi connectivity index (χ0) is 14.9. The summed E-state index contributed by atoms with van der Waals surface area (Å²) in [7, 11) is -3.49. The van der Waals surface area contributed by atoms with Gasteiger partial charge in [-0.3, -0.25) is 0 Å². The van der Waals surface area contributed by atoms with E-state index < -0.39 is 9.84 Å². The highest BCUT2D eigenvalue weighted by atomic mass is 32.2. The summed E-state index contributed by atoms with van der Waals surface area (Å²) in [5, 5.41) is -0.206. The Balaban J connectivity index is 2.64. The molecular formula is C14H15FN2O2S. The number of benzene rings is 1. The molecule has 0 aliphatic rings. The first-order valence-corrected chi connectivity index (χ1v) is 8.01. The smallest absolute Gasteiger partial charge is 0.223 e. The highest BCUT2D eigenvalue weighted by Gasteiger charge is 2.16. The van der Waals surface area contributed by atoms with Crippen molar-refractivity contribution < 1.29 is 12.8 Å². The van der Waals surface area contributed by atoms with Crippen LogP contribution in [0.15, 0.2) is 35.5 Å². The maximum absolute atomic E-state index is 12.9. The quantitative estimate of drug-likeness (QED) is 0.817. The lowest BCUT2D eigenvalue weighted by Gasteiger charge is -2.09. The van der Waals surface area contributed by atoms with E-state index in [1.165, 1.54) is 12.1 Å². The number of nitrogens with zero attached hydrogens (tertiary/aromatic N) is 2. The number of sulfone groups is 1. The molecular weight excluding hydrogens is 279 g/mol. The largest absolute Gasteiger partial charge is 0.247 e. The molecule has 0 saturated heterocycles. The van der Waals surface area contributed by atoms with E-state index in [-0.39, 0.29) is 16.9 Å². The minimum absolute atomic E-state index is 0.0673. The van der Waals surface area contributed by atoms with Gasteiger partial charge in [-0.2, -0.15) is 0 Å². The van der Waals surface area contributed by atoms with Crippen molar-refractivity contribution in [3.05, 3.63) is 41.8 Å². The van der Waals surface area contributed by atoms with Crippen LogP contribution in [0.3, 0.4) is 0 Å². The first kappa shape index (κ1) is 14.6. The second-order valence-corrected chi connectivity index (χ2v) is 6.80. The van der Waals surface area contributed by atoms with Crippen LogP contribution < -0.4 is 0 Å². The maximum Gasteiger partial charge on any atom is 0.247 e. The zero-order valence-electron chi connectivity index (χ0n) is 11.5. The molecule has 1 aromatic heterocycles. The van der Waals surface area contributed by atoms with E-state index in [0.717, 1.165) is 6.26 Å². The summed E-state index contributed by atoms with van der Waals surface area (Å²) in [5.74, 6) is -0.284. The Bertz CT molecular complexity index is 725. The number of rotatable bonds is 3. The second kappa shape index (κ2) is 5.28. The average molecular weight is 294 g/mol. The topological polar surface area (TPSA) is 59.9 Å². The fourth-order valence-electron chi connectivity index (χ4n) is 1.67. The summed E-state index contributed by atoms with van der Waals surface area (Å²) in [5.41, 5.74) is 1.77. The van der Waals surface area contributed by atoms with E-state index in [1.54, 1.807) is 18.2 Å². The van der Waals surface area contributed by atoms with E-state index in [9.17, 15) is 12.8 Å². The van der Waals surface area contributed by atoms with E-state index in [1.807, 2.05) is 13.8 Å². The Kier molecular flexibility index (Phi) is 3.85. The lowest BCUT2D eigenvalue weighted by molar-refractivity contribution is 0.591. The molecule has 6 heteroatoms. The van der Waals surface area contributed by atoms with Crippen LogP contribution in [-0.4, -0.2) is 24.6 Å². The van der Waals surface area contributed by atoms with Crippen LogP contribution in [0.2, 0.25) is 0 Å². The Labute approximate surface area is 117 Å². The molecule has 2 rings (SSSR count). The summed E-state index contributed by atoms with van der Waals surface area (Å²) in [4.78, 5) is 8.14. The molecule has 0 fully saturated rings. The lowest BCUT2D eigenvalue weighted by Crippen LogP contribution is -2.08. The van der Waals surface area contributed by atoms with Crippen molar-refractivity contribution in [1.82, 2.24) is 9.97 Å². The molecule has 0 unspecified atom stereocenters. The Morgan fingerprint density at radius 1 is 1.10 bits per heavy atom. The minimum Gasteiger partial charge on any atom is -0.223 e.